The van der Waals surface area contributed by atoms with Gasteiger partial charge in [0.2, 0.25) is 21.8 Å². The molecule has 0 spiro atoms. The van der Waals surface area contributed by atoms with Crippen LogP contribution in [0.5, 0.6) is 0 Å². The summed E-state index contributed by atoms with van der Waals surface area (Å²) in [6.45, 7) is 0.430. The van der Waals surface area contributed by atoms with Crippen molar-refractivity contribution in [1.82, 2.24) is 24.6 Å². The van der Waals surface area contributed by atoms with Gasteiger partial charge in [-0.15, -0.1) is 0 Å². The van der Waals surface area contributed by atoms with Crippen molar-refractivity contribution in [3.8, 4) is 17.3 Å². The molecule has 222 valence electrons. The minimum atomic E-state index is -4.95. The number of amides is 1. The molecule has 1 aliphatic rings. The highest BCUT2D eigenvalue weighted by atomic mass is 32.2. The van der Waals surface area contributed by atoms with Gasteiger partial charge in [-0.05, 0) is 42.8 Å². The molecule has 1 saturated heterocycles. The van der Waals surface area contributed by atoms with Crippen LogP contribution in [0.1, 0.15) is 35.9 Å². The minimum absolute atomic E-state index is 0.145. The molecule has 3 heterocycles. The monoisotopic (exact) mass is 616 g/mol. The van der Waals surface area contributed by atoms with E-state index in [0.29, 0.717) is 10.5 Å². The van der Waals surface area contributed by atoms with Crippen LogP contribution in [0.2, 0.25) is 0 Å². The molecular weight excluding hydrogens is 597 g/mol. The van der Waals surface area contributed by atoms with Crippen molar-refractivity contribution in [1.29, 1.82) is 5.26 Å². The van der Waals surface area contributed by atoms with Gasteiger partial charge in [0.15, 0.2) is 0 Å². The number of benzene rings is 1. The maximum absolute atomic E-state index is 14.7. The van der Waals surface area contributed by atoms with Gasteiger partial charge in [0.1, 0.15) is 12.2 Å². The van der Waals surface area contributed by atoms with Gasteiger partial charge in [0.25, 0.3) is 0 Å². The zero-order valence-electron chi connectivity index (χ0n) is 21.3. The maximum Gasteiger partial charge on any atom is 0.451 e. The molecule has 3 aromatic rings. The van der Waals surface area contributed by atoms with Crippen molar-refractivity contribution in [3.05, 3.63) is 71.4 Å². The number of rotatable bonds is 6. The molecule has 1 aromatic carbocycles. The Morgan fingerprint density at radius 2 is 1.67 bits per heavy atom. The second-order valence-corrected chi connectivity index (χ2v) is 11.1. The van der Waals surface area contributed by atoms with Crippen LogP contribution in [0.15, 0.2) is 53.8 Å². The average Bonchev–Trinajstić information content (AvgIpc) is 3.25. The first kappa shape index (κ1) is 30.8. The molecule has 3 unspecified atom stereocenters. The van der Waals surface area contributed by atoms with Crippen LogP contribution in [0.3, 0.4) is 0 Å². The zero-order chi connectivity index (χ0) is 31.0. The van der Waals surface area contributed by atoms with Crippen molar-refractivity contribution < 1.29 is 43.9 Å². The van der Waals surface area contributed by atoms with Crippen LogP contribution in [-0.4, -0.2) is 51.8 Å². The summed E-state index contributed by atoms with van der Waals surface area (Å²) in [7, 11) is -4.47. The fourth-order valence-corrected chi connectivity index (χ4v) is 6.16. The fourth-order valence-electron chi connectivity index (χ4n) is 4.35. The van der Waals surface area contributed by atoms with Crippen LogP contribution >= 0.6 is 0 Å². The Morgan fingerprint density at radius 3 is 2.21 bits per heavy atom. The number of nitrogens with one attached hydrogen (secondary N) is 1. The summed E-state index contributed by atoms with van der Waals surface area (Å²) in [5.74, 6) is -2.55. The molecule has 4 rings (SSSR count). The SMILES string of the molecule is CC1C(F)CC(C(=O)NCc2cc(-c3cnc(C(F)(F)F)nc3)ncc2C(F)(F)F)N1S(=O)(=O)c1ccc(C#N)cc1. The van der Waals surface area contributed by atoms with Gasteiger partial charge in [-0.3, -0.25) is 9.78 Å². The van der Waals surface area contributed by atoms with Crippen molar-refractivity contribution in [2.75, 3.05) is 0 Å². The van der Waals surface area contributed by atoms with Crippen molar-refractivity contribution in [2.45, 2.75) is 55.4 Å². The first-order valence-corrected chi connectivity index (χ1v) is 13.4. The van der Waals surface area contributed by atoms with Crippen LogP contribution in [0.25, 0.3) is 11.3 Å². The summed E-state index contributed by atoms with van der Waals surface area (Å²) in [4.78, 5) is 22.7. The van der Waals surface area contributed by atoms with E-state index in [1.807, 2.05) is 6.07 Å². The summed E-state index contributed by atoms with van der Waals surface area (Å²) in [6, 6.07) is 4.44. The predicted molar refractivity (Wildman–Crippen MR) is 130 cm³/mol. The Bertz CT molecular complexity index is 1620. The Hall–Kier alpha value is -4.17. The molecule has 1 amide bonds. The number of halogens is 7. The smallest absolute Gasteiger partial charge is 0.351 e. The number of nitrogens with zero attached hydrogens (tertiary/aromatic N) is 5. The van der Waals surface area contributed by atoms with Gasteiger partial charge in [-0.1, -0.05) is 0 Å². The molecule has 3 atom stereocenters. The van der Waals surface area contributed by atoms with Crippen molar-refractivity contribution in [2.24, 2.45) is 0 Å². The lowest BCUT2D eigenvalue weighted by Gasteiger charge is -2.27. The van der Waals surface area contributed by atoms with E-state index in [4.69, 9.17) is 5.26 Å². The number of carbonyl (C=O) groups is 1. The molecule has 2 aromatic heterocycles. The minimum Gasteiger partial charge on any atom is -0.351 e. The largest absolute Gasteiger partial charge is 0.451 e. The van der Waals surface area contributed by atoms with Crippen LogP contribution in [0, 0.1) is 11.3 Å². The van der Waals surface area contributed by atoms with Gasteiger partial charge in [-0.2, -0.15) is 35.9 Å². The lowest BCUT2D eigenvalue weighted by molar-refractivity contribution is -0.145. The van der Waals surface area contributed by atoms with E-state index in [2.05, 4.69) is 20.3 Å². The average molecular weight is 617 g/mol. The first-order valence-electron chi connectivity index (χ1n) is 11.9. The maximum atomic E-state index is 14.7. The number of carbonyl (C=O) groups excluding carboxylic acids is 1. The highest BCUT2D eigenvalue weighted by Crippen LogP contribution is 2.35. The Kier molecular flexibility index (Phi) is 8.24. The van der Waals surface area contributed by atoms with E-state index in [1.165, 1.54) is 19.1 Å². The molecule has 0 saturated carbocycles. The Morgan fingerprint density at radius 1 is 1.05 bits per heavy atom. The molecule has 1 fully saturated rings. The standard InChI is InChI=1S/C25H19F7N6O3S/c1-13-19(26)7-21(38(13)42(40,41)17-4-2-14(8-33)3-5-17)22(39)35-9-15-6-20(34-12-18(15)24(27,28)29)16-10-36-23(37-11-16)25(30,31)32/h2-6,10-13,19,21H,7,9H2,1H3,(H,35,39). The fraction of sp³-hybridized carbons (Fsp3) is 0.320. The number of aromatic nitrogens is 3. The first-order chi connectivity index (χ1) is 19.5. The lowest BCUT2D eigenvalue weighted by atomic mass is 10.1. The zero-order valence-corrected chi connectivity index (χ0v) is 22.1. The quantitative estimate of drug-likeness (QED) is 0.410. The number of hydrogen-bond donors (Lipinski definition) is 1. The van der Waals surface area contributed by atoms with E-state index in [-0.39, 0.29) is 21.7 Å². The van der Waals surface area contributed by atoms with Gasteiger partial charge in [0.05, 0.1) is 33.8 Å². The lowest BCUT2D eigenvalue weighted by Crippen LogP contribution is -2.48. The summed E-state index contributed by atoms with van der Waals surface area (Å²) in [5, 5.41) is 11.2. The molecule has 1 N–H and O–H groups in total. The molecule has 0 aliphatic carbocycles. The highest BCUT2D eigenvalue weighted by Gasteiger charge is 2.49. The normalized spacial score (nSPS) is 19.8. The van der Waals surface area contributed by atoms with Crippen molar-refractivity contribution >= 4 is 15.9 Å². The van der Waals surface area contributed by atoms with Gasteiger partial charge >= 0.3 is 12.4 Å². The van der Waals surface area contributed by atoms with E-state index in [9.17, 15) is 43.9 Å². The van der Waals surface area contributed by atoms with E-state index in [1.54, 1.807) is 0 Å². The van der Waals surface area contributed by atoms with E-state index < -0.39 is 76.5 Å². The number of nitriles is 1. The summed E-state index contributed by atoms with van der Waals surface area (Å²) < 4.78 is 121. The Labute approximate surface area is 234 Å². The second-order valence-electron chi connectivity index (χ2n) is 9.21. The second kappa shape index (κ2) is 11.2. The third-order valence-corrected chi connectivity index (χ3v) is 8.50. The molecule has 1 aliphatic heterocycles. The van der Waals surface area contributed by atoms with E-state index in [0.717, 1.165) is 30.6 Å². The summed E-state index contributed by atoms with van der Waals surface area (Å²) >= 11 is 0. The third kappa shape index (κ3) is 6.19. The third-order valence-electron chi connectivity index (χ3n) is 6.49. The van der Waals surface area contributed by atoms with Crippen LogP contribution in [-0.2, 0) is 33.7 Å². The molecule has 9 nitrogen and oxygen atoms in total. The highest BCUT2D eigenvalue weighted by molar-refractivity contribution is 7.89. The van der Waals surface area contributed by atoms with Crippen LogP contribution in [0.4, 0.5) is 30.7 Å². The molecule has 0 bridgehead atoms. The van der Waals surface area contributed by atoms with Gasteiger partial charge < -0.3 is 5.32 Å². The summed E-state index contributed by atoms with van der Waals surface area (Å²) in [6.07, 6.45) is -10.3. The topological polar surface area (TPSA) is 129 Å². The van der Waals surface area contributed by atoms with Gasteiger partial charge in [-0.25, -0.2) is 22.8 Å². The number of hydrogen-bond acceptors (Lipinski definition) is 7. The van der Waals surface area contributed by atoms with Crippen molar-refractivity contribution in [3.63, 3.8) is 0 Å². The molecule has 17 heteroatoms. The van der Waals surface area contributed by atoms with Crippen LogP contribution < -0.4 is 5.32 Å². The number of sulfonamides is 1. The predicted octanol–water partition coefficient (Wildman–Crippen LogP) is 4.25. The number of pyridine rings is 1. The molecular formula is C25H19F7N6O3S. The Balaban J connectivity index is 1.61. The van der Waals surface area contributed by atoms with Gasteiger partial charge in [0, 0.05) is 37.1 Å². The number of alkyl halides is 7. The molecule has 42 heavy (non-hydrogen) atoms. The van der Waals surface area contributed by atoms with E-state index >= 15 is 0 Å². The summed E-state index contributed by atoms with van der Waals surface area (Å²) in [5.41, 5.74) is -2.05. The molecule has 0 radical (unpaired) electrons.